The molecule has 0 saturated carbocycles. The van der Waals surface area contributed by atoms with Crippen molar-refractivity contribution in [1.29, 1.82) is 0 Å². The Morgan fingerprint density at radius 3 is 2.48 bits per heavy atom. The Kier molecular flexibility index (Phi) is 5.10. The van der Waals surface area contributed by atoms with Gasteiger partial charge in [0.05, 0.1) is 23.6 Å². The predicted molar refractivity (Wildman–Crippen MR) is 83.6 cm³/mol. The zero-order chi connectivity index (χ0) is 15.4. The zero-order valence-corrected chi connectivity index (χ0v) is 12.9. The number of methoxy groups -OCH3 is 1. The highest BCUT2D eigenvalue weighted by molar-refractivity contribution is 6.42. The van der Waals surface area contributed by atoms with Crippen LogP contribution < -0.4 is 4.74 Å². The van der Waals surface area contributed by atoms with Crippen molar-refractivity contribution in [3.8, 4) is 5.75 Å². The van der Waals surface area contributed by atoms with Crippen molar-refractivity contribution >= 4 is 29.2 Å². The van der Waals surface area contributed by atoms with Crippen LogP contribution in [0.25, 0.3) is 0 Å². The van der Waals surface area contributed by atoms with Crippen LogP contribution in [0.15, 0.2) is 42.5 Å². The van der Waals surface area contributed by atoms with Gasteiger partial charge in [0.1, 0.15) is 5.75 Å². The van der Waals surface area contributed by atoms with E-state index in [0.717, 1.165) is 11.1 Å². The van der Waals surface area contributed by atoms with E-state index < -0.39 is 5.97 Å². The van der Waals surface area contributed by atoms with Crippen molar-refractivity contribution in [3.05, 3.63) is 63.6 Å². The second kappa shape index (κ2) is 6.83. The first-order chi connectivity index (χ1) is 10.0. The molecule has 0 heterocycles. The zero-order valence-electron chi connectivity index (χ0n) is 11.3. The van der Waals surface area contributed by atoms with Crippen molar-refractivity contribution < 1.29 is 14.6 Å². The first-order valence-electron chi connectivity index (χ1n) is 6.32. The van der Waals surface area contributed by atoms with Gasteiger partial charge in [-0.15, -0.1) is 0 Å². The molecule has 0 aromatic heterocycles. The summed E-state index contributed by atoms with van der Waals surface area (Å²) >= 11 is 12.0. The first-order valence-corrected chi connectivity index (χ1v) is 7.07. The quantitative estimate of drug-likeness (QED) is 0.873. The van der Waals surface area contributed by atoms with Gasteiger partial charge < -0.3 is 9.84 Å². The maximum Gasteiger partial charge on any atom is 0.304 e. The normalized spacial score (nSPS) is 12.0. The third-order valence-electron chi connectivity index (χ3n) is 3.22. The summed E-state index contributed by atoms with van der Waals surface area (Å²) in [6.07, 6.45) is -0.0366. The lowest BCUT2D eigenvalue weighted by atomic mass is 9.88. The van der Waals surface area contributed by atoms with Crippen LogP contribution in [0.2, 0.25) is 10.0 Å². The highest BCUT2D eigenvalue weighted by Crippen LogP contribution is 2.33. The molecule has 0 aliphatic rings. The Hall–Kier alpha value is -1.71. The molecular weight excluding hydrogens is 311 g/mol. The average Bonchev–Trinajstić information content (AvgIpc) is 2.47. The number of aliphatic carboxylic acids is 1. The minimum absolute atomic E-state index is 0.0366. The number of hydrogen-bond donors (Lipinski definition) is 1. The number of rotatable bonds is 5. The van der Waals surface area contributed by atoms with E-state index >= 15 is 0 Å². The summed E-state index contributed by atoms with van der Waals surface area (Å²) in [4.78, 5) is 11.2. The molecule has 0 spiro atoms. The lowest BCUT2D eigenvalue weighted by Gasteiger charge is -2.17. The van der Waals surface area contributed by atoms with E-state index in [9.17, 15) is 4.79 Å². The fraction of sp³-hybridized carbons (Fsp3) is 0.188. The molecule has 0 aliphatic heterocycles. The molecule has 0 unspecified atom stereocenters. The summed E-state index contributed by atoms with van der Waals surface area (Å²) in [7, 11) is 1.57. The van der Waals surface area contributed by atoms with E-state index in [1.165, 1.54) is 0 Å². The molecule has 3 nitrogen and oxygen atoms in total. The van der Waals surface area contributed by atoms with Gasteiger partial charge in [-0.1, -0.05) is 41.4 Å². The molecule has 1 N–H and O–H groups in total. The van der Waals surface area contributed by atoms with Crippen LogP contribution in [0.5, 0.6) is 5.75 Å². The Morgan fingerprint density at radius 1 is 1.14 bits per heavy atom. The van der Waals surface area contributed by atoms with E-state index in [-0.39, 0.29) is 12.3 Å². The van der Waals surface area contributed by atoms with Crippen molar-refractivity contribution in [2.45, 2.75) is 12.3 Å². The topological polar surface area (TPSA) is 46.5 Å². The van der Waals surface area contributed by atoms with Crippen LogP contribution in [0.1, 0.15) is 23.5 Å². The van der Waals surface area contributed by atoms with Crippen LogP contribution in [0.4, 0.5) is 0 Å². The van der Waals surface area contributed by atoms with E-state index in [2.05, 4.69) is 0 Å². The minimum atomic E-state index is -0.881. The third-order valence-corrected chi connectivity index (χ3v) is 3.96. The first kappa shape index (κ1) is 15.7. The smallest absolute Gasteiger partial charge is 0.304 e. The Bertz CT molecular complexity index is 656. The van der Waals surface area contributed by atoms with Crippen molar-refractivity contribution in [1.82, 2.24) is 0 Å². The SMILES string of the molecule is COc1cccc([C@H](CC(=O)O)c2ccc(Cl)c(Cl)c2)c1. The lowest BCUT2D eigenvalue weighted by molar-refractivity contribution is -0.137. The van der Waals surface area contributed by atoms with E-state index in [4.69, 9.17) is 33.0 Å². The van der Waals surface area contributed by atoms with Crippen LogP contribution in [0.3, 0.4) is 0 Å². The average molecular weight is 325 g/mol. The molecular formula is C16H14Cl2O3. The minimum Gasteiger partial charge on any atom is -0.497 e. The molecule has 2 rings (SSSR count). The molecule has 5 heteroatoms. The Labute approximate surface area is 133 Å². The van der Waals surface area contributed by atoms with Crippen molar-refractivity contribution in [2.75, 3.05) is 7.11 Å². The van der Waals surface area contributed by atoms with E-state index in [0.29, 0.717) is 15.8 Å². The number of ether oxygens (including phenoxy) is 1. The summed E-state index contributed by atoms with van der Waals surface area (Å²) in [5.74, 6) is -0.510. The molecule has 0 saturated heterocycles. The van der Waals surface area contributed by atoms with E-state index in [1.807, 2.05) is 24.3 Å². The summed E-state index contributed by atoms with van der Waals surface area (Å²) in [5, 5.41) is 10.0. The molecule has 0 amide bonds. The monoisotopic (exact) mass is 324 g/mol. The molecule has 2 aromatic carbocycles. The van der Waals surface area contributed by atoms with Crippen LogP contribution in [-0.4, -0.2) is 18.2 Å². The standard InChI is InChI=1S/C16H14Cl2O3/c1-21-12-4-2-3-10(7-12)13(9-16(19)20)11-5-6-14(17)15(18)8-11/h2-8,13H,9H2,1H3,(H,19,20)/t13-/m0/s1. The number of halogens is 2. The van der Waals surface area contributed by atoms with Gasteiger partial charge in [0.15, 0.2) is 0 Å². The van der Waals surface area contributed by atoms with Gasteiger partial charge in [-0.3, -0.25) is 4.79 Å². The van der Waals surface area contributed by atoms with Gasteiger partial charge in [-0.05, 0) is 35.4 Å². The highest BCUT2D eigenvalue weighted by atomic mass is 35.5. The fourth-order valence-corrected chi connectivity index (χ4v) is 2.50. The molecule has 0 fully saturated rings. The molecule has 0 aliphatic carbocycles. The van der Waals surface area contributed by atoms with Gasteiger partial charge in [0.2, 0.25) is 0 Å². The third kappa shape index (κ3) is 3.90. The second-order valence-electron chi connectivity index (χ2n) is 4.60. The summed E-state index contributed by atoms with van der Waals surface area (Å²) in [5.41, 5.74) is 1.66. The van der Waals surface area contributed by atoms with Gasteiger partial charge in [0, 0.05) is 5.92 Å². The Balaban J connectivity index is 2.46. The number of carbonyl (C=O) groups is 1. The summed E-state index contributed by atoms with van der Waals surface area (Å²) in [6.45, 7) is 0. The van der Waals surface area contributed by atoms with Crippen molar-refractivity contribution in [3.63, 3.8) is 0 Å². The van der Waals surface area contributed by atoms with Crippen molar-refractivity contribution in [2.24, 2.45) is 0 Å². The summed E-state index contributed by atoms with van der Waals surface area (Å²) < 4.78 is 5.19. The molecule has 0 radical (unpaired) electrons. The summed E-state index contributed by atoms with van der Waals surface area (Å²) in [6, 6.07) is 12.5. The number of carboxylic acid groups (broad SMARTS) is 1. The van der Waals surface area contributed by atoms with Crippen LogP contribution >= 0.6 is 23.2 Å². The molecule has 21 heavy (non-hydrogen) atoms. The van der Waals surface area contributed by atoms with Gasteiger partial charge in [-0.2, -0.15) is 0 Å². The van der Waals surface area contributed by atoms with Gasteiger partial charge >= 0.3 is 5.97 Å². The van der Waals surface area contributed by atoms with Gasteiger partial charge in [0.25, 0.3) is 0 Å². The fourth-order valence-electron chi connectivity index (χ4n) is 2.19. The number of benzene rings is 2. The Morgan fingerprint density at radius 2 is 1.86 bits per heavy atom. The molecule has 110 valence electrons. The molecule has 2 aromatic rings. The molecule has 1 atom stereocenters. The number of carboxylic acids is 1. The highest BCUT2D eigenvalue weighted by Gasteiger charge is 2.19. The maximum absolute atomic E-state index is 11.2. The second-order valence-corrected chi connectivity index (χ2v) is 5.42. The van der Waals surface area contributed by atoms with Crippen LogP contribution in [-0.2, 0) is 4.79 Å². The van der Waals surface area contributed by atoms with E-state index in [1.54, 1.807) is 25.3 Å². The predicted octanol–water partition coefficient (Wildman–Crippen LogP) is 4.61. The van der Waals surface area contributed by atoms with Gasteiger partial charge in [-0.25, -0.2) is 0 Å². The maximum atomic E-state index is 11.2. The lowest BCUT2D eigenvalue weighted by Crippen LogP contribution is -2.08. The largest absolute Gasteiger partial charge is 0.497 e. The number of hydrogen-bond acceptors (Lipinski definition) is 2. The molecule has 0 bridgehead atoms. The van der Waals surface area contributed by atoms with Crippen LogP contribution in [0, 0.1) is 0 Å².